The third kappa shape index (κ3) is 5.32. The molecule has 1 amide bonds. The number of ether oxygens (including phenoxy) is 3. The van der Waals surface area contributed by atoms with E-state index >= 15 is 0 Å². The molecule has 2 aromatic carbocycles. The van der Waals surface area contributed by atoms with E-state index in [0.29, 0.717) is 22.1 Å². The first kappa shape index (κ1) is 22.1. The van der Waals surface area contributed by atoms with Crippen LogP contribution in [0.25, 0.3) is 17.2 Å². The predicted octanol–water partition coefficient (Wildman–Crippen LogP) is 5.26. The Balaban J connectivity index is 1.85. The van der Waals surface area contributed by atoms with E-state index in [-0.39, 0.29) is 12.5 Å². The molecule has 0 saturated carbocycles. The van der Waals surface area contributed by atoms with Crippen molar-refractivity contribution in [2.24, 2.45) is 0 Å². The molecule has 1 aromatic heterocycles. The lowest BCUT2D eigenvalue weighted by Crippen LogP contribution is -2.12. The van der Waals surface area contributed by atoms with Gasteiger partial charge in [0.05, 0.1) is 20.8 Å². The van der Waals surface area contributed by atoms with Crippen molar-refractivity contribution >= 4 is 34.3 Å². The Bertz CT molecular complexity index is 1090. The van der Waals surface area contributed by atoms with E-state index in [1.165, 1.54) is 17.4 Å². The number of carbonyl (C=O) groups is 2. The predicted molar refractivity (Wildman–Crippen MR) is 123 cm³/mol. The van der Waals surface area contributed by atoms with Gasteiger partial charge in [-0.25, -0.2) is 4.79 Å². The molecule has 0 unspecified atom stereocenters. The summed E-state index contributed by atoms with van der Waals surface area (Å²) in [6.07, 6.45) is 3.03. The van der Waals surface area contributed by atoms with Crippen LogP contribution in [0, 0.1) is 0 Å². The van der Waals surface area contributed by atoms with E-state index in [1.807, 2.05) is 35.7 Å². The van der Waals surface area contributed by atoms with Gasteiger partial charge < -0.3 is 19.5 Å². The average Bonchev–Trinajstić information content (AvgIpc) is 3.21. The maximum atomic E-state index is 12.6. The Morgan fingerprint density at radius 1 is 1.06 bits per heavy atom. The summed E-state index contributed by atoms with van der Waals surface area (Å²) < 4.78 is 15.8. The zero-order chi connectivity index (χ0) is 22.2. The van der Waals surface area contributed by atoms with Gasteiger partial charge in [-0.15, -0.1) is 11.3 Å². The van der Waals surface area contributed by atoms with Gasteiger partial charge in [-0.2, -0.15) is 0 Å². The molecule has 0 aliphatic rings. The Morgan fingerprint density at radius 2 is 1.84 bits per heavy atom. The zero-order valence-electron chi connectivity index (χ0n) is 17.5. The standard InChI is InChI=1S/C24H23NO5S/c1-4-30-24(27)22-19(16-8-6-5-7-9-16)15-31-23(22)25-21(26)13-11-17-10-12-18(28-2)14-20(17)29-3/h5-15H,4H2,1-3H3,(H,25,26)/b13-11+. The minimum Gasteiger partial charge on any atom is -0.497 e. The molecule has 0 bridgehead atoms. The third-order valence-corrected chi connectivity index (χ3v) is 5.34. The molecule has 0 spiro atoms. The van der Waals surface area contributed by atoms with Crippen LogP contribution in [0.15, 0.2) is 60.0 Å². The number of rotatable bonds is 8. The molecule has 6 nitrogen and oxygen atoms in total. The maximum absolute atomic E-state index is 12.6. The first-order valence-corrected chi connectivity index (χ1v) is 10.5. The number of thiophene rings is 1. The number of anilines is 1. The van der Waals surface area contributed by atoms with Crippen LogP contribution in [-0.2, 0) is 9.53 Å². The van der Waals surface area contributed by atoms with Crippen molar-refractivity contribution in [2.75, 3.05) is 26.1 Å². The highest BCUT2D eigenvalue weighted by Gasteiger charge is 2.22. The molecule has 0 radical (unpaired) electrons. The number of amides is 1. The molecule has 0 aliphatic carbocycles. The van der Waals surface area contributed by atoms with Crippen molar-refractivity contribution in [1.82, 2.24) is 0 Å². The van der Waals surface area contributed by atoms with Crippen molar-refractivity contribution in [3.63, 3.8) is 0 Å². The topological polar surface area (TPSA) is 73.9 Å². The van der Waals surface area contributed by atoms with Gasteiger partial charge in [0.1, 0.15) is 22.1 Å². The van der Waals surface area contributed by atoms with Crippen molar-refractivity contribution in [3.05, 3.63) is 71.1 Å². The summed E-state index contributed by atoms with van der Waals surface area (Å²) in [5, 5.41) is 5.08. The summed E-state index contributed by atoms with van der Waals surface area (Å²) >= 11 is 1.28. The summed E-state index contributed by atoms with van der Waals surface area (Å²) in [6, 6.07) is 14.8. The van der Waals surface area contributed by atoms with Crippen LogP contribution in [0.5, 0.6) is 11.5 Å². The lowest BCUT2D eigenvalue weighted by atomic mass is 10.0. The number of hydrogen-bond acceptors (Lipinski definition) is 6. The van der Waals surface area contributed by atoms with Crippen LogP contribution in [-0.4, -0.2) is 32.7 Å². The minimum absolute atomic E-state index is 0.244. The fourth-order valence-corrected chi connectivity index (χ4v) is 3.92. The van der Waals surface area contributed by atoms with Crippen LogP contribution in [0.4, 0.5) is 5.00 Å². The summed E-state index contributed by atoms with van der Waals surface area (Å²) in [6.45, 7) is 1.99. The molecule has 31 heavy (non-hydrogen) atoms. The van der Waals surface area contributed by atoms with Gasteiger partial charge in [0.15, 0.2) is 0 Å². The first-order valence-electron chi connectivity index (χ1n) is 9.62. The minimum atomic E-state index is -0.473. The molecule has 7 heteroatoms. The van der Waals surface area contributed by atoms with Gasteiger partial charge in [0.25, 0.3) is 0 Å². The second-order valence-corrected chi connectivity index (χ2v) is 7.25. The Hall–Kier alpha value is -3.58. The lowest BCUT2D eigenvalue weighted by molar-refractivity contribution is -0.111. The number of hydrogen-bond donors (Lipinski definition) is 1. The normalized spacial score (nSPS) is 10.7. The largest absolute Gasteiger partial charge is 0.497 e. The second kappa shape index (κ2) is 10.4. The fraction of sp³-hybridized carbons (Fsp3) is 0.167. The molecular formula is C24H23NO5S. The quantitative estimate of drug-likeness (QED) is 0.384. The van der Waals surface area contributed by atoms with Crippen molar-refractivity contribution < 1.29 is 23.8 Å². The van der Waals surface area contributed by atoms with Crippen LogP contribution in [0.1, 0.15) is 22.8 Å². The highest BCUT2D eigenvalue weighted by atomic mass is 32.1. The number of carbonyl (C=O) groups excluding carboxylic acids is 2. The Morgan fingerprint density at radius 3 is 2.52 bits per heavy atom. The van der Waals surface area contributed by atoms with Crippen LogP contribution >= 0.6 is 11.3 Å². The molecular weight excluding hydrogens is 414 g/mol. The number of nitrogens with one attached hydrogen (secondary N) is 1. The number of methoxy groups -OCH3 is 2. The van der Waals surface area contributed by atoms with Crippen LogP contribution in [0.3, 0.4) is 0 Å². The molecule has 3 rings (SSSR count). The van der Waals surface area contributed by atoms with Gasteiger partial charge >= 0.3 is 5.97 Å². The summed E-state index contributed by atoms with van der Waals surface area (Å²) in [5.74, 6) is 0.395. The second-order valence-electron chi connectivity index (χ2n) is 6.37. The van der Waals surface area contributed by atoms with E-state index < -0.39 is 5.97 Å². The number of esters is 1. The van der Waals surface area contributed by atoms with E-state index in [0.717, 1.165) is 16.7 Å². The molecule has 0 fully saturated rings. The lowest BCUT2D eigenvalue weighted by Gasteiger charge is -2.08. The molecule has 1 heterocycles. The smallest absolute Gasteiger partial charge is 0.341 e. The molecule has 3 aromatic rings. The number of benzene rings is 2. The van der Waals surface area contributed by atoms with E-state index in [1.54, 1.807) is 45.4 Å². The highest BCUT2D eigenvalue weighted by molar-refractivity contribution is 7.15. The average molecular weight is 438 g/mol. The fourth-order valence-electron chi connectivity index (χ4n) is 2.96. The van der Waals surface area contributed by atoms with Gasteiger partial charge in [0, 0.05) is 28.6 Å². The molecule has 0 saturated heterocycles. The first-order chi connectivity index (χ1) is 15.1. The molecule has 0 atom stereocenters. The van der Waals surface area contributed by atoms with E-state index in [2.05, 4.69) is 5.32 Å². The maximum Gasteiger partial charge on any atom is 0.341 e. The summed E-state index contributed by atoms with van der Waals surface area (Å²) in [5.41, 5.74) is 2.67. The molecule has 160 valence electrons. The van der Waals surface area contributed by atoms with Gasteiger partial charge in [-0.1, -0.05) is 30.3 Å². The van der Waals surface area contributed by atoms with Crippen LogP contribution in [0.2, 0.25) is 0 Å². The van der Waals surface area contributed by atoms with Crippen molar-refractivity contribution in [3.8, 4) is 22.6 Å². The zero-order valence-corrected chi connectivity index (χ0v) is 18.3. The Labute approximate surface area is 185 Å². The highest BCUT2D eigenvalue weighted by Crippen LogP contribution is 2.36. The molecule has 0 aliphatic heterocycles. The van der Waals surface area contributed by atoms with E-state index in [9.17, 15) is 9.59 Å². The SMILES string of the molecule is CCOC(=O)c1c(-c2ccccc2)csc1NC(=O)/C=C/c1ccc(OC)cc1OC. The van der Waals surface area contributed by atoms with Crippen molar-refractivity contribution in [1.29, 1.82) is 0 Å². The monoisotopic (exact) mass is 437 g/mol. The van der Waals surface area contributed by atoms with E-state index in [4.69, 9.17) is 14.2 Å². The Kier molecular flexibility index (Phi) is 7.45. The van der Waals surface area contributed by atoms with Crippen molar-refractivity contribution in [2.45, 2.75) is 6.92 Å². The third-order valence-electron chi connectivity index (χ3n) is 4.45. The summed E-state index contributed by atoms with van der Waals surface area (Å²) in [4.78, 5) is 25.2. The van der Waals surface area contributed by atoms with Gasteiger partial charge in [0.2, 0.25) is 5.91 Å². The summed E-state index contributed by atoms with van der Waals surface area (Å²) in [7, 11) is 3.12. The van der Waals surface area contributed by atoms with Gasteiger partial charge in [-0.05, 0) is 30.7 Å². The van der Waals surface area contributed by atoms with Crippen LogP contribution < -0.4 is 14.8 Å². The van der Waals surface area contributed by atoms with Gasteiger partial charge in [-0.3, -0.25) is 4.79 Å². The molecule has 1 N–H and O–H groups in total.